The third-order valence-electron chi connectivity index (χ3n) is 4.92. The molecule has 1 aliphatic heterocycles. The van der Waals surface area contributed by atoms with Crippen LogP contribution in [-0.4, -0.2) is 16.1 Å². The predicted molar refractivity (Wildman–Crippen MR) is 73.9 cm³/mol. The average molecular weight is 301 g/mol. The van der Waals surface area contributed by atoms with Gasteiger partial charge in [-0.25, -0.2) is 4.98 Å². The lowest BCUT2D eigenvalue weighted by Gasteiger charge is -2.31. The van der Waals surface area contributed by atoms with E-state index in [-0.39, 0.29) is 6.04 Å². The van der Waals surface area contributed by atoms with E-state index in [9.17, 15) is 13.2 Å². The normalized spacial score (nSPS) is 22.1. The molecule has 118 valence electrons. The second kappa shape index (κ2) is 5.63. The number of imidazole rings is 1. The van der Waals surface area contributed by atoms with Crippen LogP contribution < -0.4 is 5.32 Å². The lowest BCUT2D eigenvalue weighted by Crippen LogP contribution is -2.29. The fraction of sp³-hybridized carbons (Fsp3) is 0.800. The zero-order valence-electron chi connectivity index (χ0n) is 12.3. The summed E-state index contributed by atoms with van der Waals surface area (Å²) in [5.74, 6) is -0.359. The van der Waals surface area contributed by atoms with Crippen molar-refractivity contribution in [2.45, 2.75) is 64.2 Å². The van der Waals surface area contributed by atoms with E-state index in [2.05, 4.69) is 10.3 Å². The molecule has 1 unspecified atom stereocenters. The van der Waals surface area contributed by atoms with E-state index < -0.39 is 12.0 Å². The van der Waals surface area contributed by atoms with Gasteiger partial charge in [-0.2, -0.15) is 13.2 Å². The van der Waals surface area contributed by atoms with Gasteiger partial charge in [-0.1, -0.05) is 19.3 Å². The van der Waals surface area contributed by atoms with Gasteiger partial charge < -0.3 is 9.88 Å². The van der Waals surface area contributed by atoms with Crippen molar-refractivity contribution in [3.8, 4) is 0 Å². The van der Waals surface area contributed by atoms with Crippen molar-refractivity contribution in [1.82, 2.24) is 14.9 Å². The third kappa shape index (κ3) is 2.82. The summed E-state index contributed by atoms with van der Waals surface area (Å²) in [6.07, 6.45) is 1.80. The minimum absolute atomic E-state index is 0.115. The Bertz CT molecular complexity index is 501. The van der Waals surface area contributed by atoms with Crippen LogP contribution in [0.15, 0.2) is 0 Å². The summed E-state index contributed by atoms with van der Waals surface area (Å²) in [5, 5.41) is 3.11. The predicted octanol–water partition coefficient (Wildman–Crippen LogP) is 3.69. The summed E-state index contributed by atoms with van der Waals surface area (Å²) in [6.45, 7) is 3.12. The van der Waals surface area contributed by atoms with Crippen molar-refractivity contribution in [2.75, 3.05) is 6.54 Å². The Hall–Kier alpha value is -1.04. The first-order chi connectivity index (χ1) is 9.98. The number of aromatic nitrogens is 2. The molecule has 2 heterocycles. The summed E-state index contributed by atoms with van der Waals surface area (Å²) in [5.41, 5.74) is 1.37. The standard InChI is InChI=1S/C15H22F3N3/c1-10(11-5-3-2-4-6-11)21-13-7-8-19-9-12(13)20-14(21)15(16,17)18/h10-11,19H,2-9H2,1H3. The van der Waals surface area contributed by atoms with Crippen LogP contribution in [0.4, 0.5) is 13.2 Å². The summed E-state index contributed by atoms with van der Waals surface area (Å²) >= 11 is 0. The maximum atomic E-state index is 13.4. The maximum absolute atomic E-state index is 13.4. The van der Waals surface area contributed by atoms with Crippen molar-refractivity contribution in [3.05, 3.63) is 17.2 Å². The van der Waals surface area contributed by atoms with Gasteiger partial charge in [0, 0.05) is 31.2 Å². The van der Waals surface area contributed by atoms with E-state index in [1.54, 1.807) is 0 Å². The van der Waals surface area contributed by atoms with Crippen molar-refractivity contribution in [2.24, 2.45) is 5.92 Å². The van der Waals surface area contributed by atoms with Crippen molar-refractivity contribution in [1.29, 1.82) is 0 Å². The average Bonchev–Trinajstić information content (AvgIpc) is 2.87. The molecule has 0 radical (unpaired) electrons. The molecule has 0 spiro atoms. The van der Waals surface area contributed by atoms with E-state index in [1.165, 1.54) is 11.0 Å². The molecule has 2 aliphatic rings. The smallest absolute Gasteiger partial charge is 0.321 e. The summed E-state index contributed by atoms with van der Waals surface area (Å²) in [6, 6.07) is -0.115. The van der Waals surface area contributed by atoms with Crippen LogP contribution in [0.25, 0.3) is 0 Å². The van der Waals surface area contributed by atoms with Gasteiger partial charge >= 0.3 is 6.18 Å². The largest absolute Gasteiger partial charge is 0.449 e. The molecule has 1 atom stereocenters. The first-order valence-electron chi connectivity index (χ1n) is 7.86. The summed E-state index contributed by atoms with van der Waals surface area (Å²) in [4.78, 5) is 3.91. The van der Waals surface area contributed by atoms with E-state index in [4.69, 9.17) is 0 Å². The number of alkyl halides is 3. The highest BCUT2D eigenvalue weighted by Gasteiger charge is 2.41. The van der Waals surface area contributed by atoms with Gasteiger partial charge in [0.2, 0.25) is 5.82 Å². The fourth-order valence-electron chi connectivity index (χ4n) is 3.80. The van der Waals surface area contributed by atoms with Crippen LogP contribution in [0.2, 0.25) is 0 Å². The van der Waals surface area contributed by atoms with Gasteiger partial charge in [-0.15, -0.1) is 0 Å². The first kappa shape index (κ1) is 14.9. The van der Waals surface area contributed by atoms with Gasteiger partial charge in [-0.3, -0.25) is 0 Å². The molecule has 1 fully saturated rings. The molecule has 1 aliphatic carbocycles. The zero-order valence-corrected chi connectivity index (χ0v) is 12.3. The highest BCUT2D eigenvalue weighted by atomic mass is 19.4. The van der Waals surface area contributed by atoms with E-state index in [1.807, 2.05) is 6.92 Å². The molecule has 1 aromatic heterocycles. The summed E-state index contributed by atoms with van der Waals surface area (Å²) < 4.78 is 41.6. The molecule has 6 heteroatoms. The number of fused-ring (bicyclic) bond motifs is 1. The van der Waals surface area contributed by atoms with Crippen LogP contribution in [0, 0.1) is 5.92 Å². The molecular formula is C15H22F3N3. The van der Waals surface area contributed by atoms with Gasteiger partial charge in [-0.05, 0) is 25.7 Å². The van der Waals surface area contributed by atoms with Crippen LogP contribution in [0.1, 0.15) is 62.3 Å². The van der Waals surface area contributed by atoms with E-state index in [0.29, 0.717) is 24.6 Å². The van der Waals surface area contributed by atoms with Gasteiger partial charge in [0.05, 0.1) is 5.69 Å². The number of hydrogen-bond acceptors (Lipinski definition) is 2. The molecule has 1 N–H and O–H groups in total. The van der Waals surface area contributed by atoms with Gasteiger partial charge in [0.15, 0.2) is 0 Å². The second-order valence-corrected chi connectivity index (χ2v) is 6.26. The SMILES string of the molecule is CC(C1CCCCC1)n1c(C(F)(F)F)nc2c1CCNC2. The van der Waals surface area contributed by atoms with Crippen molar-refractivity contribution < 1.29 is 13.2 Å². The number of halogens is 3. The number of nitrogens with one attached hydrogen (secondary N) is 1. The van der Waals surface area contributed by atoms with Crippen LogP contribution in [0.3, 0.4) is 0 Å². The molecule has 3 nitrogen and oxygen atoms in total. The molecule has 1 saturated carbocycles. The molecule has 21 heavy (non-hydrogen) atoms. The maximum Gasteiger partial charge on any atom is 0.449 e. The van der Waals surface area contributed by atoms with Crippen LogP contribution in [-0.2, 0) is 19.1 Å². The molecule has 0 bridgehead atoms. The zero-order chi connectivity index (χ0) is 15.0. The van der Waals surface area contributed by atoms with Crippen molar-refractivity contribution >= 4 is 0 Å². The Labute approximate surface area is 122 Å². The van der Waals surface area contributed by atoms with Gasteiger partial charge in [0.25, 0.3) is 0 Å². The van der Waals surface area contributed by atoms with E-state index in [0.717, 1.165) is 37.9 Å². The van der Waals surface area contributed by atoms with E-state index >= 15 is 0 Å². The third-order valence-corrected chi connectivity index (χ3v) is 4.92. The van der Waals surface area contributed by atoms with Crippen LogP contribution >= 0.6 is 0 Å². The molecule has 3 rings (SSSR count). The van der Waals surface area contributed by atoms with Crippen molar-refractivity contribution in [3.63, 3.8) is 0 Å². The lowest BCUT2D eigenvalue weighted by molar-refractivity contribution is -0.148. The molecular weight excluding hydrogens is 279 g/mol. The number of rotatable bonds is 2. The molecule has 0 amide bonds. The minimum atomic E-state index is -4.37. The second-order valence-electron chi connectivity index (χ2n) is 6.26. The summed E-state index contributed by atoms with van der Waals surface area (Å²) in [7, 11) is 0. The number of hydrogen-bond donors (Lipinski definition) is 1. The highest BCUT2D eigenvalue weighted by molar-refractivity contribution is 5.23. The molecule has 1 aromatic rings. The Kier molecular flexibility index (Phi) is 3.99. The van der Waals surface area contributed by atoms with Gasteiger partial charge in [0.1, 0.15) is 0 Å². The minimum Gasteiger partial charge on any atom is -0.321 e. The topological polar surface area (TPSA) is 29.9 Å². The fourth-order valence-corrected chi connectivity index (χ4v) is 3.80. The Morgan fingerprint density at radius 3 is 2.62 bits per heavy atom. The first-order valence-corrected chi connectivity index (χ1v) is 7.86. The molecule has 0 aromatic carbocycles. The lowest BCUT2D eigenvalue weighted by atomic mass is 9.84. The number of nitrogens with zero attached hydrogens (tertiary/aromatic N) is 2. The quantitative estimate of drug-likeness (QED) is 0.903. The highest BCUT2D eigenvalue weighted by Crippen LogP contribution is 2.39. The Balaban J connectivity index is 2.00. The monoisotopic (exact) mass is 301 g/mol. The Morgan fingerprint density at radius 2 is 1.95 bits per heavy atom. The Morgan fingerprint density at radius 1 is 1.24 bits per heavy atom. The molecule has 0 saturated heterocycles. The van der Waals surface area contributed by atoms with Crippen LogP contribution in [0.5, 0.6) is 0 Å².